The minimum Gasteiger partial charge on any atom is -0.468 e. The molecule has 1 aliphatic rings. The van der Waals surface area contributed by atoms with E-state index in [2.05, 4.69) is 64.4 Å². The van der Waals surface area contributed by atoms with E-state index in [-0.39, 0.29) is 30.0 Å². The van der Waals surface area contributed by atoms with Crippen LogP contribution in [0.3, 0.4) is 0 Å². The van der Waals surface area contributed by atoms with Crippen molar-refractivity contribution in [2.45, 2.75) is 32.4 Å². The third kappa shape index (κ3) is 5.97. The van der Waals surface area contributed by atoms with E-state index in [1.807, 2.05) is 13.1 Å². The molecule has 1 unspecified atom stereocenters. The van der Waals surface area contributed by atoms with Crippen LogP contribution in [0.15, 0.2) is 52.1 Å². The summed E-state index contributed by atoms with van der Waals surface area (Å²) in [6.45, 7) is 5.99. The molecule has 3 rings (SSSR count). The summed E-state index contributed by atoms with van der Waals surface area (Å²) in [5, 5.41) is 3.54. The second kappa shape index (κ2) is 10.7. The molecule has 0 radical (unpaired) electrons. The lowest BCUT2D eigenvalue weighted by Gasteiger charge is -2.29. The molecule has 27 heavy (non-hydrogen) atoms. The van der Waals surface area contributed by atoms with Crippen LogP contribution in [-0.2, 0) is 6.54 Å². The number of nitrogens with zero attached hydrogens (tertiary/aromatic N) is 3. The predicted molar refractivity (Wildman–Crippen MR) is 122 cm³/mol. The molecule has 1 atom stereocenters. The fraction of sp³-hybridized carbons (Fsp3) is 0.476. The van der Waals surface area contributed by atoms with E-state index in [9.17, 15) is 0 Å². The Hall–Kier alpha value is -1.54. The quantitative estimate of drug-likeness (QED) is 0.384. The lowest BCUT2D eigenvalue weighted by Crippen LogP contribution is -2.43. The van der Waals surface area contributed by atoms with Gasteiger partial charge < -0.3 is 14.6 Å². The van der Waals surface area contributed by atoms with Gasteiger partial charge in [0.1, 0.15) is 5.76 Å². The minimum atomic E-state index is 0. The summed E-state index contributed by atoms with van der Waals surface area (Å²) in [5.41, 5.74) is 2.56. The van der Waals surface area contributed by atoms with Gasteiger partial charge in [-0.3, -0.25) is 9.89 Å². The maximum Gasteiger partial charge on any atom is 0.193 e. The molecule has 148 valence electrons. The number of benzene rings is 1. The van der Waals surface area contributed by atoms with Crippen molar-refractivity contribution < 1.29 is 4.42 Å². The van der Waals surface area contributed by atoms with Gasteiger partial charge in [-0.05, 0) is 50.6 Å². The van der Waals surface area contributed by atoms with Crippen molar-refractivity contribution in [1.29, 1.82) is 0 Å². The highest BCUT2D eigenvalue weighted by Crippen LogP contribution is 2.24. The zero-order valence-corrected chi connectivity index (χ0v) is 18.8. The molecule has 0 spiro atoms. The first-order valence-corrected chi connectivity index (χ1v) is 9.42. The van der Waals surface area contributed by atoms with E-state index < -0.39 is 0 Å². The smallest absolute Gasteiger partial charge is 0.193 e. The van der Waals surface area contributed by atoms with Crippen molar-refractivity contribution in [3.05, 3.63) is 59.5 Å². The first kappa shape index (κ1) is 21.8. The molecule has 5 nitrogen and oxygen atoms in total. The van der Waals surface area contributed by atoms with E-state index in [1.54, 1.807) is 6.26 Å². The molecule has 6 heteroatoms. The average Bonchev–Trinajstić information content (AvgIpc) is 3.35. The Kier molecular flexibility index (Phi) is 8.63. The Bertz CT molecular complexity index is 693. The van der Waals surface area contributed by atoms with Crippen molar-refractivity contribution in [3.63, 3.8) is 0 Å². The van der Waals surface area contributed by atoms with Crippen molar-refractivity contribution >= 4 is 29.9 Å². The number of aliphatic imine (C=N–C) groups is 1. The van der Waals surface area contributed by atoms with Crippen molar-refractivity contribution in [3.8, 4) is 0 Å². The van der Waals surface area contributed by atoms with Gasteiger partial charge >= 0.3 is 0 Å². The van der Waals surface area contributed by atoms with E-state index in [4.69, 9.17) is 4.42 Å². The van der Waals surface area contributed by atoms with Crippen LogP contribution in [0, 0.1) is 6.92 Å². The summed E-state index contributed by atoms with van der Waals surface area (Å²) >= 11 is 0. The molecule has 0 amide bonds. The first-order valence-electron chi connectivity index (χ1n) is 9.42. The van der Waals surface area contributed by atoms with Gasteiger partial charge in [-0.15, -0.1) is 24.0 Å². The van der Waals surface area contributed by atoms with Gasteiger partial charge in [-0.1, -0.05) is 29.8 Å². The maximum absolute atomic E-state index is 5.71. The third-order valence-corrected chi connectivity index (χ3v) is 5.02. The largest absolute Gasteiger partial charge is 0.468 e. The van der Waals surface area contributed by atoms with E-state index in [0.29, 0.717) is 0 Å². The number of hydrogen-bond donors (Lipinski definition) is 1. The average molecular weight is 482 g/mol. The highest BCUT2D eigenvalue weighted by Gasteiger charge is 2.26. The molecule has 1 N–H and O–H groups in total. The van der Waals surface area contributed by atoms with Gasteiger partial charge in [0.25, 0.3) is 0 Å². The molecule has 2 heterocycles. The Morgan fingerprint density at radius 2 is 1.93 bits per heavy atom. The molecule has 1 aromatic carbocycles. The zero-order chi connectivity index (χ0) is 18.4. The van der Waals surface area contributed by atoms with Crippen LogP contribution in [0.5, 0.6) is 0 Å². The molecule has 1 saturated heterocycles. The minimum absolute atomic E-state index is 0. The van der Waals surface area contributed by atoms with Gasteiger partial charge in [0.15, 0.2) is 5.96 Å². The molecule has 0 aliphatic carbocycles. The van der Waals surface area contributed by atoms with Crippen LogP contribution in [0.4, 0.5) is 0 Å². The lowest BCUT2D eigenvalue weighted by atomic mass is 10.1. The van der Waals surface area contributed by atoms with Crippen LogP contribution in [0.2, 0.25) is 0 Å². The number of nitrogens with one attached hydrogen (secondary N) is 1. The first-order chi connectivity index (χ1) is 12.7. The Balaban J connectivity index is 0.00000261. The standard InChI is InChI=1S/C21H30N4O.HI/c1-17-8-10-18(11-9-17)16-24(3)21(22-2)23-15-19(20-7-6-14-26-20)25-12-4-5-13-25;/h6-11,14,19H,4-5,12-13,15-16H2,1-3H3,(H,22,23);1H. The molecule has 0 saturated carbocycles. The molecule has 2 aromatic rings. The van der Waals surface area contributed by atoms with Crippen LogP contribution < -0.4 is 5.32 Å². The number of furan rings is 1. The van der Waals surface area contributed by atoms with Crippen LogP contribution in [0.1, 0.15) is 35.8 Å². The summed E-state index contributed by atoms with van der Waals surface area (Å²) in [5.74, 6) is 1.93. The van der Waals surface area contributed by atoms with Crippen LogP contribution in [-0.4, -0.2) is 49.5 Å². The van der Waals surface area contributed by atoms with Gasteiger partial charge in [0.2, 0.25) is 0 Å². The van der Waals surface area contributed by atoms with Crippen LogP contribution >= 0.6 is 24.0 Å². The summed E-state index contributed by atoms with van der Waals surface area (Å²) < 4.78 is 5.71. The van der Waals surface area contributed by atoms with E-state index in [0.717, 1.165) is 37.9 Å². The maximum atomic E-state index is 5.71. The topological polar surface area (TPSA) is 44.0 Å². The van der Waals surface area contributed by atoms with Gasteiger partial charge in [0, 0.05) is 27.2 Å². The van der Waals surface area contributed by atoms with Crippen molar-refractivity contribution in [1.82, 2.24) is 15.1 Å². The molecule has 1 aromatic heterocycles. The van der Waals surface area contributed by atoms with E-state index in [1.165, 1.54) is 24.0 Å². The fourth-order valence-electron chi connectivity index (χ4n) is 3.56. The SMILES string of the molecule is CN=C(NCC(c1ccco1)N1CCCC1)N(C)Cc1ccc(C)cc1.I. The molecular weight excluding hydrogens is 451 g/mol. The van der Waals surface area contributed by atoms with Crippen LogP contribution in [0.25, 0.3) is 0 Å². The normalized spacial score (nSPS) is 16.0. The third-order valence-electron chi connectivity index (χ3n) is 5.02. The molecule has 1 fully saturated rings. The second-order valence-electron chi connectivity index (χ2n) is 7.04. The number of guanidine groups is 1. The van der Waals surface area contributed by atoms with Crippen molar-refractivity contribution in [2.75, 3.05) is 33.7 Å². The zero-order valence-electron chi connectivity index (χ0n) is 16.5. The lowest BCUT2D eigenvalue weighted by molar-refractivity contribution is 0.214. The monoisotopic (exact) mass is 482 g/mol. The molecule has 1 aliphatic heterocycles. The number of aryl methyl sites for hydroxylation is 1. The number of rotatable bonds is 6. The summed E-state index contributed by atoms with van der Waals surface area (Å²) in [6, 6.07) is 12.9. The van der Waals surface area contributed by atoms with Gasteiger partial charge in [-0.25, -0.2) is 0 Å². The Morgan fingerprint density at radius 1 is 1.22 bits per heavy atom. The highest BCUT2D eigenvalue weighted by atomic mass is 127. The molecular formula is C21H31IN4O. The number of likely N-dealkylation sites (tertiary alicyclic amines) is 1. The summed E-state index contributed by atoms with van der Waals surface area (Å²) in [6.07, 6.45) is 4.29. The van der Waals surface area contributed by atoms with Gasteiger partial charge in [-0.2, -0.15) is 0 Å². The highest BCUT2D eigenvalue weighted by molar-refractivity contribution is 14.0. The fourth-order valence-corrected chi connectivity index (χ4v) is 3.56. The van der Waals surface area contributed by atoms with Crippen molar-refractivity contribution in [2.24, 2.45) is 4.99 Å². The van der Waals surface area contributed by atoms with E-state index >= 15 is 0 Å². The Labute approximate surface area is 179 Å². The second-order valence-corrected chi connectivity index (χ2v) is 7.04. The Morgan fingerprint density at radius 3 is 2.52 bits per heavy atom. The van der Waals surface area contributed by atoms with Gasteiger partial charge in [0.05, 0.1) is 12.3 Å². The summed E-state index contributed by atoms with van der Waals surface area (Å²) in [4.78, 5) is 9.12. The number of halogens is 1. The predicted octanol–water partition coefficient (Wildman–Crippen LogP) is 4.05. The molecule has 0 bridgehead atoms. The summed E-state index contributed by atoms with van der Waals surface area (Å²) in [7, 11) is 3.92. The number of hydrogen-bond acceptors (Lipinski definition) is 3.